The van der Waals surface area contributed by atoms with Crippen molar-refractivity contribution >= 4 is 29.3 Å². The second-order valence-electron chi connectivity index (χ2n) is 3.76. The molecule has 1 atom stereocenters. The van der Waals surface area contributed by atoms with Gasteiger partial charge in [-0.2, -0.15) is 0 Å². The first-order valence-corrected chi connectivity index (χ1v) is 5.75. The van der Waals surface area contributed by atoms with Gasteiger partial charge in [-0.15, -0.1) is 11.6 Å². The first-order chi connectivity index (χ1) is 7.56. The van der Waals surface area contributed by atoms with Gasteiger partial charge in [-0.1, -0.05) is 0 Å². The quantitative estimate of drug-likeness (QED) is 0.430. The molecule has 3 amide bonds. The van der Waals surface area contributed by atoms with Crippen LogP contribution in [0.4, 0.5) is 0 Å². The number of likely N-dealkylation sites (tertiary alicyclic amines) is 1. The van der Waals surface area contributed by atoms with Gasteiger partial charge in [0.05, 0.1) is 6.42 Å². The number of nitrogens with one attached hydrogen (secondary N) is 1. The summed E-state index contributed by atoms with van der Waals surface area (Å²) in [6.45, 7) is 0. The summed E-state index contributed by atoms with van der Waals surface area (Å²) in [6, 6.07) is -0.680. The van der Waals surface area contributed by atoms with E-state index in [4.69, 9.17) is 11.6 Å². The SMILES string of the molecule is CN1C(=O)CC(NC(=O)CCCCCl)C1=O. The first kappa shape index (κ1) is 13.0. The number of likely N-dealkylation sites (N-methyl/N-ethyl adjacent to an activating group) is 1. The zero-order chi connectivity index (χ0) is 12.1. The van der Waals surface area contributed by atoms with E-state index in [0.29, 0.717) is 18.7 Å². The monoisotopic (exact) mass is 246 g/mol. The highest BCUT2D eigenvalue weighted by Crippen LogP contribution is 2.10. The molecule has 0 aromatic rings. The maximum Gasteiger partial charge on any atom is 0.252 e. The van der Waals surface area contributed by atoms with E-state index in [1.165, 1.54) is 7.05 Å². The molecule has 0 saturated carbocycles. The summed E-state index contributed by atoms with van der Waals surface area (Å²) in [6.07, 6.45) is 1.87. The molecule has 0 aromatic carbocycles. The lowest BCUT2D eigenvalue weighted by atomic mass is 10.2. The number of unbranched alkanes of at least 4 members (excludes halogenated alkanes) is 1. The van der Waals surface area contributed by atoms with Crippen molar-refractivity contribution in [2.75, 3.05) is 12.9 Å². The lowest BCUT2D eigenvalue weighted by Crippen LogP contribution is -2.40. The smallest absolute Gasteiger partial charge is 0.252 e. The van der Waals surface area contributed by atoms with Crippen molar-refractivity contribution in [1.29, 1.82) is 0 Å². The molecule has 5 nitrogen and oxygen atoms in total. The summed E-state index contributed by atoms with van der Waals surface area (Å²) in [5, 5.41) is 2.55. The maximum atomic E-state index is 11.5. The lowest BCUT2D eigenvalue weighted by molar-refractivity contribution is -0.138. The molecule has 1 aliphatic rings. The number of hydrogen-bond donors (Lipinski definition) is 1. The highest BCUT2D eigenvalue weighted by molar-refractivity contribution is 6.17. The highest BCUT2D eigenvalue weighted by atomic mass is 35.5. The first-order valence-electron chi connectivity index (χ1n) is 5.22. The Kier molecular flexibility index (Phi) is 4.73. The molecule has 16 heavy (non-hydrogen) atoms. The van der Waals surface area contributed by atoms with Gasteiger partial charge in [-0.25, -0.2) is 0 Å². The summed E-state index contributed by atoms with van der Waals surface area (Å²) in [5.41, 5.74) is 0. The van der Waals surface area contributed by atoms with Crippen molar-refractivity contribution < 1.29 is 14.4 Å². The van der Waals surface area contributed by atoms with Crippen LogP contribution in [0.15, 0.2) is 0 Å². The van der Waals surface area contributed by atoms with E-state index in [0.717, 1.165) is 11.3 Å². The predicted molar refractivity (Wildman–Crippen MR) is 58.9 cm³/mol. The van der Waals surface area contributed by atoms with E-state index in [-0.39, 0.29) is 24.1 Å². The molecular formula is C10H15ClN2O3. The van der Waals surface area contributed by atoms with Gasteiger partial charge in [0.15, 0.2) is 0 Å². The third-order valence-electron chi connectivity index (χ3n) is 2.50. The minimum atomic E-state index is -0.680. The number of imide groups is 1. The normalized spacial score (nSPS) is 20.4. The van der Waals surface area contributed by atoms with E-state index in [2.05, 4.69) is 5.32 Å². The second-order valence-corrected chi connectivity index (χ2v) is 4.14. The van der Waals surface area contributed by atoms with Gasteiger partial charge in [-0.05, 0) is 12.8 Å². The number of nitrogens with zero attached hydrogens (tertiary/aromatic N) is 1. The number of hydrogen-bond acceptors (Lipinski definition) is 3. The Bertz CT molecular complexity index is 306. The molecule has 0 aromatic heterocycles. The van der Waals surface area contributed by atoms with Crippen molar-refractivity contribution in [2.45, 2.75) is 31.7 Å². The topological polar surface area (TPSA) is 66.5 Å². The van der Waals surface area contributed by atoms with Crippen molar-refractivity contribution in [3.05, 3.63) is 0 Å². The minimum Gasteiger partial charge on any atom is -0.344 e. The van der Waals surface area contributed by atoms with Gasteiger partial charge in [0.25, 0.3) is 5.91 Å². The Morgan fingerprint density at radius 2 is 2.19 bits per heavy atom. The zero-order valence-electron chi connectivity index (χ0n) is 9.16. The van der Waals surface area contributed by atoms with Crippen LogP contribution in [-0.2, 0) is 14.4 Å². The summed E-state index contributed by atoms with van der Waals surface area (Å²) in [4.78, 5) is 35.1. The summed E-state index contributed by atoms with van der Waals surface area (Å²) < 4.78 is 0. The third kappa shape index (κ3) is 3.20. The molecule has 0 bridgehead atoms. The lowest BCUT2D eigenvalue weighted by Gasteiger charge is -2.10. The van der Waals surface area contributed by atoms with Crippen LogP contribution in [0.2, 0.25) is 0 Å². The van der Waals surface area contributed by atoms with Crippen LogP contribution in [0.25, 0.3) is 0 Å². The Morgan fingerprint density at radius 1 is 1.50 bits per heavy atom. The molecule has 1 saturated heterocycles. The van der Waals surface area contributed by atoms with Crippen LogP contribution in [0.1, 0.15) is 25.7 Å². The molecule has 1 N–H and O–H groups in total. The van der Waals surface area contributed by atoms with Gasteiger partial charge in [0.1, 0.15) is 6.04 Å². The molecule has 1 aliphatic heterocycles. The molecule has 1 unspecified atom stereocenters. The molecular weight excluding hydrogens is 232 g/mol. The Hall–Kier alpha value is -1.10. The number of halogens is 1. The average molecular weight is 247 g/mol. The van der Waals surface area contributed by atoms with Crippen LogP contribution < -0.4 is 5.32 Å². The van der Waals surface area contributed by atoms with Crippen LogP contribution in [0, 0.1) is 0 Å². The molecule has 0 radical (unpaired) electrons. The molecule has 1 fully saturated rings. The van der Waals surface area contributed by atoms with E-state index in [1.54, 1.807) is 0 Å². The Labute approximate surface area is 99.1 Å². The number of carbonyl (C=O) groups is 3. The fourth-order valence-electron chi connectivity index (χ4n) is 1.51. The van der Waals surface area contributed by atoms with E-state index < -0.39 is 6.04 Å². The number of carbonyl (C=O) groups excluding carboxylic acids is 3. The van der Waals surface area contributed by atoms with Crippen molar-refractivity contribution in [1.82, 2.24) is 10.2 Å². The van der Waals surface area contributed by atoms with Crippen LogP contribution in [-0.4, -0.2) is 41.6 Å². The second kappa shape index (κ2) is 5.84. The van der Waals surface area contributed by atoms with E-state index >= 15 is 0 Å². The average Bonchev–Trinajstić information content (AvgIpc) is 2.47. The van der Waals surface area contributed by atoms with Gasteiger partial charge in [0.2, 0.25) is 11.8 Å². The molecule has 1 heterocycles. The zero-order valence-corrected chi connectivity index (χ0v) is 9.92. The standard InChI is InChI=1S/C10H15ClN2O3/c1-13-9(15)6-7(10(13)16)12-8(14)4-2-3-5-11/h7H,2-6H2,1H3,(H,12,14). The van der Waals surface area contributed by atoms with E-state index in [1.807, 2.05) is 0 Å². The van der Waals surface area contributed by atoms with E-state index in [9.17, 15) is 14.4 Å². The van der Waals surface area contributed by atoms with Crippen molar-refractivity contribution in [3.63, 3.8) is 0 Å². The molecule has 1 rings (SSSR count). The minimum absolute atomic E-state index is 0.0661. The largest absolute Gasteiger partial charge is 0.344 e. The summed E-state index contributed by atoms with van der Waals surface area (Å²) in [5.74, 6) is -0.269. The van der Waals surface area contributed by atoms with Gasteiger partial charge in [0, 0.05) is 19.3 Å². The fourth-order valence-corrected chi connectivity index (χ4v) is 1.70. The maximum absolute atomic E-state index is 11.5. The van der Waals surface area contributed by atoms with Crippen LogP contribution in [0.3, 0.4) is 0 Å². The fraction of sp³-hybridized carbons (Fsp3) is 0.700. The number of alkyl halides is 1. The van der Waals surface area contributed by atoms with Gasteiger partial charge >= 0.3 is 0 Å². The number of rotatable bonds is 5. The Morgan fingerprint density at radius 3 is 2.69 bits per heavy atom. The summed E-state index contributed by atoms with van der Waals surface area (Å²) in [7, 11) is 1.42. The highest BCUT2D eigenvalue weighted by Gasteiger charge is 2.36. The van der Waals surface area contributed by atoms with Crippen LogP contribution in [0.5, 0.6) is 0 Å². The Balaban J connectivity index is 2.35. The third-order valence-corrected chi connectivity index (χ3v) is 2.77. The van der Waals surface area contributed by atoms with Crippen molar-refractivity contribution in [2.24, 2.45) is 0 Å². The predicted octanol–water partition coefficient (Wildman–Crippen LogP) is 0.269. The molecule has 0 aliphatic carbocycles. The van der Waals surface area contributed by atoms with Gasteiger partial charge < -0.3 is 5.32 Å². The number of amides is 3. The molecule has 90 valence electrons. The van der Waals surface area contributed by atoms with Crippen molar-refractivity contribution in [3.8, 4) is 0 Å². The molecule has 0 spiro atoms. The molecule has 6 heteroatoms. The van der Waals surface area contributed by atoms with Crippen LogP contribution >= 0.6 is 11.6 Å². The van der Waals surface area contributed by atoms with Gasteiger partial charge in [-0.3, -0.25) is 19.3 Å². The summed E-state index contributed by atoms with van der Waals surface area (Å²) >= 11 is 5.48.